The number of aryl methyl sites for hydroxylation is 1. The predicted molar refractivity (Wildman–Crippen MR) is 112 cm³/mol. The lowest BCUT2D eigenvalue weighted by Gasteiger charge is -2.38. The normalized spacial score (nSPS) is 19.3. The second kappa shape index (κ2) is 7.06. The number of benzene rings is 2. The zero-order chi connectivity index (χ0) is 18.3. The molecule has 1 aliphatic carbocycles. The third-order valence-corrected chi connectivity index (χ3v) is 6.04. The van der Waals surface area contributed by atoms with Crippen molar-refractivity contribution >= 4 is 34.2 Å². The largest absolute Gasteiger partial charge is 0.497 e. The highest BCUT2D eigenvalue weighted by atomic mass is 127. The fourth-order valence-corrected chi connectivity index (χ4v) is 4.51. The molecule has 1 atom stereocenters. The van der Waals surface area contributed by atoms with E-state index >= 15 is 0 Å². The van der Waals surface area contributed by atoms with E-state index in [2.05, 4.69) is 47.7 Å². The zero-order valence-electron chi connectivity index (χ0n) is 15.1. The summed E-state index contributed by atoms with van der Waals surface area (Å²) in [5.41, 5.74) is 6.31. The third kappa shape index (κ3) is 3.15. The van der Waals surface area contributed by atoms with Crippen LogP contribution in [-0.2, 0) is 17.8 Å². The minimum Gasteiger partial charge on any atom is -0.497 e. The first-order valence-electron chi connectivity index (χ1n) is 9.02. The molecule has 0 N–H and O–H groups in total. The van der Waals surface area contributed by atoms with Gasteiger partial charge in [-0.1, -0.05) is 25.1 Å². The molecule has 0 radical (unpaired) electrons. The van der Waals surface area contributed by atoms with Crippen LogP contribution in [0.2, 0.25) is 0 Å². The summed E-state index contributed by atoms with van der Waals surface area (Å²) in [4.78, 5) is 15.1. The lowest BCUT2D eigenvalue weighted by Crippen LogP contribution is -2.39. The van der Waals surface area contributed by atoms with Gasteiger partial charge < -0.3 is 9.64 Å². The molecule has 2 aliphatic rings. The van der Waals surface area contributed by atoms with Gasteiger partial charge in [0.2, 0.25) is 5.91 Å². The number of ether oxygens (including phenoxy) is 1. The average molecular weight is 459 g/mol. The topological polar surface area (TPSA) is 29.5 Å². The van der Waals surface area contributed by atoms with Gasteiger partial charge in [0.25, 0.3) is 0 Å². The summed E-state index contributed by atoms with van der Waals surface area (Å²) in [5.74, 6) is 1.12. The summed E-state index contributed by atoms with van der Waals surface area (Å²) in [6.45, 7) is 2.66. The number of allylic oxidation sites excluding steroid dienone is 1. The fraction of sp³-hybridized carbons (Fsp3) is 0.318. The molecule has 0 saturated heterocycles. The molecular weight excluding hydrogens is 437 g/mol. The van der Waals surface area contributed by atoms with Gasteiger partial charge in [0.05, 0.1) is 19.4 Å². The quantitative estimate of drug-likeness (QED) is 0.603. The molecule has 0 aromatic heterocycles. The molecule has 1 amide bonds. The van der Waals surface area contributed by atoms with Crippen LogP contribution in [0.25, 0.3) is 5.70 Å². The summed E-state index contributed by atoms with van der Waals surface area (Å²) in [5, 5.41) is 0. The molecule has 0 bridgehead atoms. The van der Waals surface area contributed by atoms with Crippen LogP contribution in [0.5, 0.6) is 5.75 Å². The number of nitrogens with zero attached hydrogens (tertiary/aromatic N) is 1. The van der Waals surface area contributed by atoms with Gasteiger partial charge in [-0.3, -0.25) is 4.79 Å². The van der Waals surface area contributed by atoms with Crippen LogP contribution in [-0.4, -0.2) is 17.9 Å². The Balaban J connectivity index is 1.76. The van der Waals surface area contributed by atoms with Crippen molar-refractivity contribution in [3.8, 4) is 5.75 Å². The summed E-state index contributed by atoms with van der Waals surface area (Å²) >= 11 is 2.36. The van der Waals surface area contributed by atoms with Crippen molar-refractivity contribution < 1.29 is 9.53 Å². The van der Waals surface area contributed by atoms with Crippen molar-refractivity contribution in [2.45, 2.75) is 32.7 Å². The van der Waals surface area contributed by atoms with Crippen LogP contribution in [0, 0.1) is 9.49 Å². The second-order valence-corrected chi connectivity index (χ2v) is 8.38. The Bertz CT molecular complexity index is 886. The Labute approximate surface area is 168 Å². The van der Waals surface area contributed by atoms with E-state index < -0.39 is 0 Å². The van der Waals surface area contributed by atoms with Gasteiger partial charge in [-0.2, -0.15) is 0 Å². The van der Waals surface area contributed by atoms with Crippen LogP contribution in [0.4, 0.5) is 0 Å². The van der Waals surface area contributed by atoms with Gasteiger partial charge in [-0.15, -0.1) is 0 Å². The van der Waals surface area contributed by atoms with E-state index in [0.29, 0.717) is 6.54 Å². The summed E-state index contributed by atoms with van der Waals surface area (Å²) < 4.78 is 6.47. The molecule has 0 saturated carbocycles. The Morgan fingerprint density at radius 1 is 1.15 bits per heavy atom. The minimum absolute atomic E-state index is 0.0522. The molecule has 0 spiro atoms. The van der Waals surface area contributed by atoms with Crippen LogP contribution in [0.1, 0.15) is 36.5 Å². The van der Waals surface area contributed by atoms with E-state index in [1.165, 1.54) is 20.3 Å². The first kappa shape index (κ1) is 17.6. The lowest BCUT2D eigenvalue weighted by atomic mass is 9.81. The predicted octanol–water partition coefficient (Wildman–Crippen LogP) is 5.03. The average Bonchev–Trinajstić information content (AvgIpc) is 2.65. The van der Waals surface area contributed by atoms with Gasteiger partial charge in [0.1, 0.15) is 5.75 Å². The van der Waals surface area contributed by atoms with Crippen LogP contribution >= 0.6 is 22.6 Å². The standard InChI is InChI=1S/C22H22INO2/c1-14-11-17-6-5-16-7-8-18(23)12-20(16)21(17)24(22(14)25)13-15-3-9-19(26-2)10-4-15/h3-4,7-10,12,14H,5-6,11,13H2,1-2H3. The highest BCUT2D eigenvalue weighted by Crippen LogP contribution is 2.42. The molecule has 2 aromatic carbocycles. The smallest absolute Gasteiger partial charge is 0.230 e. The van der Waals surface area contributed by atoms with Crippen molar-refractivity contribution in [2.75, 3.05) is 7.11 Å². The number of halogens is 1. The maximum absolute atomic E-state index is 13.1. The third-order valence-electron chi connectivity index (χ3n) is 5.37. The van der Waals surface area contributed by atoms with E-state index in [0.717, 1.165) is 36.3 Å². The molecule has 26 heavy (non-hydrogen) atoms. The number of rotatable bonds is 3. The zero-order valence-corrected chi connectivity index (χ0v) is 17.2. The van der Waals surface area contributed by atoms with Gasteiger partial charge in [-0.25, -0.2) is 0 Å². The van der Waals surface area contributed by atoms with Crippen molar-refractivity contribution in [2.24, 2.45) is 5.92 Å². The monoisotopic (exact) mass is 459 g/mol. The highest BCUT2D eigenvalue weighted by Gasteiger charge is 2.35. The van der Waals surface area contributed by atoms with E-state index in [1.807, 2.05) is 29.2 Å². The van der Waals surface area contributed by atoms with Gasteiger partial charge >= 0.3 is 0 Å². The Kier molecular flexibility index (Phi) is 4.78. The van der Waals surface area contributed by atoms with Crippen molar-refractivity contribution in [3.63, 3.8) is 0 Å². The Morgan fingerprint density at radius 2 is 1.92 bits per heavy atom. The van der Waals surface area contributed by atoms with E-state index in [1.54, 1.807) is 7.11 Å². The number of methoxy groups -OCH3 is 1. The molecule has 134 valence electrons. The molecule has 0 fully saturated rings. The SMILES string of the molecule is COc1ccc(CN2C(=O)C(C)CC3=C2c2cc(I)ccc2CC3)cc1. The van der Waals surface area contributed by atoms with E-state index in [4.69, 9.17) is 4.74 Å². The molecule has 4 rings (SSSR count). The van der Waals surface area contributed by atoms with Crippen molar-refractivity contribution in [1.82, 2.24) is 4.90 Å². The summed E-state index contributed by atoms with van der Waals surface area (Å²) in [6, 6.07) is 14.6. The fourth-order valence-electron chi connectivity index (χ4n) is 4.02. The maximum Gasteiger partial charge on any atom is 0.230 e. The minimum atomic E-state index is 0.0522. The summed E-state index contributed by atoms with van der Waals surface area (Å²) in [6.07, 6.45) is 3.01. The number of carbonyl (C=O) groups excluding carboxylic acids is 1. The molecule has 1 heterocycles. The van der Waals surface area contributed by atoms with Crippen molar-refractivity contribution in [3.05, 3.63) is 68.3 Å². The number of fused-ring (bicyclic) bond motifs is 2. The first-order valence-corrected chi connectivity index (χ1v) is 10.1. The van der Waals surface area contributed by atoms with Gasteiger partial charge in [-0.05, 0) is 82.8 Å². The Hall–Kier alpha value is -1.82. The van der Waals surface area contributed by atoms with Crippen LogP contribution < -0.4 is 4.74 Å². The molecule has 1 aliphatic heterocycles. The highest BCUT2D eigenvalue weighted by molar-refractivity contribution is 14.1. The van der Waals surface area contributed by atoms with E-state index in [9.17, 15) is 4.79 Å². The first-order chi connectivity index (χ1) is 12.6. The molecule has 4 heteroatoms. The molecular formula is C22H22INO2. The number of hydrogen-bond acceptors (Lipinski definition) is 2. The van der Waals surface area contributed by atoms with Crippen LogP contribution in [0.15, 0.2) is 48.0 Å². The van der Waals surface area contributed by atoms with Gasteiger partial charge in [0, 0.05) is 15.1 Å². The van der Waals surface area contributed by atoms with Crippen molar-refractivity contribution in [1.29, 1.82) is 0 Å². The van der Waals surface area contributed by atoms with E-state index in [-0.39, 0.29) is 11.8 Å². The second-order valence-electron chi connectivity index (χ2n) is 7.13. The lowest BCUT2D eigenvalue weighted by molar-refractivity contribution is -0.132. The molecule has 1 unspecified atom stereocenters. The number of amides is 1. The van der Waals surface area contributed by atoms with Gasteiger partial charge in [0.15, 0.2) is 0 Å². The Morgan fingerprint density at radius 3 is 2.65 bits per heavy atom. The number of hydrogen-bond donors (Lipinski definition) is 0. The summed E-state index contributed by atoms with van der Waals surface area (Å²) in [7, 11) is 1.67. The van der Waals surface area contributed by atoms with Crippen LogP contribution in [0.3, 0.4) is 0 Å². The maximum atomic E-state index is 13.1. The number of carbonyl (C=O) groups is 1. The molecule has 3 nitrogen and oxygen atoms in total. The molecule has 2 aromatic rings.